The van der Waals surface area contributed by atoms with Crippen molar-refractivity contribution in [1.29, 1.82) is 0 Å². The first-order valence-corrected chi connectivity index (χ1v) is 11.8. The predicted molar refractivity (Wildman–Crippen MR) is 124 cm³/mol. The molecule has 14 nitrogen and oxygen atoms in total. The Hall–Kier alpha value is -2.82. The van der Waals surface area contributed by atoms with Crippen LogP contribution in [-0.2, 0) is 23.7 Å². The topological polar surface area (TPSA) is 204 Å². The number of hydrogen-bond acceptors (Lipinski definition) is 14. The summed E-state index contributed by atoms with van der Waals surface area (Å²) >= 11 is 0. The molecule has 0 aliphatic carbocycles. The number of carbonyl (C=O) groups is 1. The third kappa shape index (κ3) is 5.77. The molecular formula is C24H30O14. The van der Waals surface area contributed by atoms with Crippen molar-refractivity contribution in [3.05, 3.63) is 34.7 Å². The average molecular weight is 542 g/mol. The summed E-state index contributed by atoms with van der Waals surface area (Å²) in [5.74, 6) is -0.589. The molecule has 1 aromatic carbocycles. The van der Waals surface area contributed by atoms with E-state index in [1.54, 1.807) is 0 Å². The maximum atomic E-state index is 11.7. The zero-order valence-electron chi connectivity index (χ0n) is 20.7. The molecule has 0 unspecified atom stereocenters. The summed E-state index contributed by atoms with van der Waals surface area (Å²) in [6, 6.07) is 5.64. The maximum Gasteiger partial charge on any atom is 0.336 e. The quantitative estimate of drug-likeness (QED) is 0.198. The first-order valence-electron chi connectivity index (χ1n) is 11.8. The molecule has 0 amide bonds. The first kappa shape index (κ1) is 28.2. The molecule has 4 rings (SSSR count). The minimum absolute atomic E-state index is 0.00741. The van der Waals surface area contributed by atoms with Gasteiger partial charge >= 0.3 is 11.6 Å². The van der Waals surface area contributed by atoms with E-state index < -0.39 is 79.6 Å². The van der Waals surface area contributed by atoms with E-state index in [9.17, 15) is 35.1 Å². The fourth-order valence-electron chi connectivity index (χ4n) is 4.26. The highest BCUT2D eigenvalue weighted by Crippen LogP contribution is 2.35. The van der Waals surface area contributed by atoms with E-state index in [1.807, 2.05) is 0 Å². The first-order chi connectivity index (χ1) is 18.0. The molecular weight excluding hydrogens is 512 g/mol. The Bertz CT molecular complexity index is 1180. The SMILES string of the molecule is COc1cc2ccc(=O)oc2cc1O[C@@H]1O[C@H](CO[C@@H]2O[C@@H](C)[C@H](O)[C@@H](O)[C@H]2O)[C@@H](O)[C@H](OC(C)=O)[C@H]1O. The van der Waals surface area contributed by atoms with Crippen molar-refractivity contribution in [3.63, 3.8) is 0 Å². The van der Waals surface area contributed by atoms with Crippen LogP contribution >= 0.6 is 0 Å². The Balaban J connectivity index is 1.56. The monoisotopic (exact) mass is 542 g/mol. The van der Waals surface area contributed by atoms with Gasteiger partial charge in [-0.25, -0.2) is 4.79 Å². The van der Waals surface area contributed by atoms with Gasteiger partial charge < -0.3 is 58.4 Å². The number of methoxy groups -OCH3 is 1. The summed E-state index contributed by atoms with van der Waals surface area (Å²) < 4.78 is 38.1. The number of aliphatic hydroxyl groups excluding tert-OH is 5. The van der Waals surface area contributed by atoms with Gasteiger partial charge in [-0.05, 0) is 19.1 Å². The lowest BCUT2D eigenvalue weighted by Crippen LogP contribution is -2.62. The standard InChI is InChI=1S/C24H30O14/c1-9-17(27)19(29)20(30)23(34-9)33-8-15-18(28)22(35-10(2)25)21(31)24(38-15)37-14-7-12-11(6-13(14)32-3)4-5-16(26)36-12/h4-7,9,15,17-24,27-31H,8H2,1-3H3/t9-,15+,17-,18+,19+,20+,21+,22-,23+,24+/m0/s1. The Morgan fingerprint density at radius 1 is 0.921 bits per heavy atom. The van der Waals surface area contributed by atoms with Crippen LogP contribution in [0.4, 0.5) is 0 Å². The third-order valence-corrected chi connectivity index (χ3v) is 6.33. The normalized spacial score (nSPS) is 35.6. The number of carbonyl (C=O) groups excluding carboxylic acids is 1. The molecule has 14 heteroatoms. The number of fused-ring (bicyclic) bond motifs is 1. The maximum absolute atomic E-state index is 11.7. The van der Waals surface area contributed by atoms with Crippen molar-refractivity contribution in [3.8, 4) is 11.5 Å². The van der Waals surface area contributed by atoms with Crippen LogP contribution in [0.2, 0.25) is 0 Å². The average Bonchev–Trinajstić information content (AvgIpc) is 2.88. The Kier molecular flexibility index (Phi) is 8.54. The van der Waals surface area contributed by atoms with Gasteiger partial charge in [-0.3, -0.25) is 4.79 Å². The van der Waals surface area contributed by atoms with Gasteiger partial charge in [-0.1, -0.05) is 0 Å². The molecule has 2 saturated heterocycles. The third-order valence-electron chi connectivity index (χ3n) is 6.33. The lowest BCUT2D eigenvalue weighted by Gasteiger charge is -2.43. The molecule has 10 atom stereocenters. The van der Waals surface area contributed by atoms with Gasteiger partial charge in [0.1, 0.15) is 36.1 Å². The number of hydrogen-bond donors (Lipinski definition) is 5. The van der Waals surface area contributed by atoms with E-state index in [2.05, 4.69) is 0 Å². The smallest absolute Gasteiger partial charge is 0.336 e. The van der Waals surface area contributed by atoms with Gasteiger partial charge in [-0.2, -0.15) is 0 Å². The van der Waals surface area contributed by atoms with Gasteiger partial charge in [0, 0.05) is 24.4 Å². The van der Waals surface area contributed by atoms with Gasteiger partial charge in [0.25, 0.3) is 0 Å². The Morgan fingerprint density at radius 3 is 2.34 bits per heavy atom. The highest BCUT2D eigenvalue weighted by molar-refractivity contribution is 5.80. The lowest BCUT2D eigenvalue weighted by molar-refractivity contribution is -0.319. The van der Waals surface area contributed by atoms with Crippen molar-refractivity contribution in [1.82, 2.24) is 0 Å². The second kappa shape index (κ2) is 11.5. The number of rotatable bonds is 7. The highest BCUT2D eigenvalue weighted by atomic mass is 16.7. The van der Waals surface area contributed by atoms with Crippen LogP contribution in [-0.4, -0.2) is 107 Å². The molecule has 2 aliphatic rings. The van der Waals surface area contributed by atoms with E-state index in [-0.39, 0.29) is 17.1 Å². The predicted octanol–water partition coefficient (Wildman–Crippen LogP) is -1.60. The van der Waals surface area contributed by atoms with Gasteiger partial charge in [0.2, 0.25) is 6.29 Å². The van der Waals surface area contributed by atoms with Crippen molar-refractivity contribution >= 4 is 16.9 Å². The van der Waals surface area contributed by atoms with Crippen molar-refractivity contribution < 1.29 is 63.2 Å². The fraction of sp³-hybridized carbons (Fsp3) is 0.583. The van der Waals surface area contributed by atoms with Crippen molar-refractivity contribution in [2.24, 2.45) is 0 Å². The molecule has 0 saturated carbocycles. The highest BCUT2D eigenvalue weighted by Gasteiger charge is 2.49. The van der Waals surface area contributed by atoms with Crippen LogP contribution in [0.15, 0.2) is 33.5 Å². The summed E-state index contributed by atoms with van der Waals surface area (Å²) in [6.45, 7) is 2.09. The van der Waals surface area contributed by atoms with Crippen LogP contribution in [0.3, 0.4) is 0 Å². The van der Waals surface area contributed by atoms with Crippen LogP contribution in [0, 0.1) is 0 Å². The summed E-state index contributed by atoms with van der Waals surface area (Å²) in [6.07, 6.45) is -14.4. The minimum atomic E-state index is -1.68. The molecule has 38 heavy (non-hydrogen) atoms. The zero-order chi connectivity index (χ0) is 27.7. The fourth-order valence-corrected chi connectivity index (χ4v) is 4.26. The molecule has 1 aromatic heterocycles. The molecule has 0 spiro atoms. The van der Waals surface area contributed by atoms with Crippen LogP contribution < -0.4 is 15.1 Å². The number of ether oxygens (including phenoxy) is 6. The van der Waals surface area contributed by atoms with Crippen LogP contribution in [0.25, 0.3) is 11.0 Å². The van der Waals surface area contributed by atoms with Crippen molar-refractivity contribution in [2.45, 2.75) is 75.3 Å². The summed E-state index contributed by atoms with van der Waals surface area (Å²) in [7, 11) is 1.37. The zero-order valence-corrected chi connectivity index (χ0v) is 20.7. The minimum Gasteiger partial charge on any atom is -0.493 e. The summed E-state index contributed by atoms with van der Waals surface area (Å²) in [4.78, 5) is 23.3. The van der Waals surface area contributed by atoms with E-state index in [0.29, 0.717) is 5.39 Å². The van der Waals surface area contributed by atoms with E-state index in [1.165, 1.54) is 38.3 Å². The van der Waals surface area contributed by atoms with E-state index in [0.717, 1.165) is 6.92 Å². The molecule has 0 bridgehead atoms. The van der Waals surface area contributed by atoms with Gasteiger partial charge in [0.15, 0.2) is 30.0 Å². The molecule has 0 radical (unpaired) electrons. The number of benzene rings is 1. The second-order valence-electron chi connectivity index (χ2n) is 9.03. The summed E-state index contributed by atoms with van der Waals surface area (Å²) in [5, 5.41) is 52.2. The molecule has 3 heterocycles. The molecule has 2 aromatic rings. The van der Waals surface area contributed by atoms with E-state index in [4.69, 9.17) is 32.8 Å². The molecule has 210 valence electrons. The Labute approximate surface area is 215 Å². The van der Waals surface area contributed by atoms with Crippen molar-refractivity contribution in [2.75, 3.05) is 13.7 Å². The largest absolute Gasteiger partial charge is 0.493 e. The van der Waals surface area contributed by atoms with Gasteiger partial charge in [0.05, 0.1) is 19.8 Å². The number of aliphatic hydroxyl groups is 5. The lowest BCUT2D eigenvalue weighted by atomic mass is 9.98. The molecule has 2 fully saturated rings. The van der Waals surface area contributed by atoms with Crippen LogP contribution in [0.1, 0.15) is 13.8 Å². The van der Waals surface area contributed by atoms with Crippen LogP contribution in [0.5, 0.6) is 11.5 Å². The molecule has 5 N–H and O–H groups in total. The molecule has 2 aliphatic heterocycles. The second-order valence-corrected chi connectivity index (χ2v) is 9.03. The van der Waals surface area contributed by atoms with E-state index >= 15 is 0 Å². The summed E-state index contributed by atoms with van der Waals surface area (Å²) in [5.41, 5.74) is -0.440. The Morgan fingerprint density at radius 2 is 1.66 bits per heavy atom. The number of esters is 1. The van der Waals surface area contributed by atoms with Gasteiger partial charge in [-0.15, -0.1) is 0 Å².